The average molecular weight is 266 g/mol. The Kier molecular flexibility index (Phi) is 3.83. The van der Waals surface area contributed by atoms with E-state index in [2.05, 4.69) is 42.2 Å². The van der Waals surface area contributed by atoms with Gasteiger partial charge < -0.3 is 5.73 Å². The summed E-state index contributed by atoms with van der Waals surface area (Å²) in [6, 6.07) is 13.0. The molecule has 2 atom stereocenters. The Labute approximate surface area is 121 Å². The van der Waals surface area contributed by atoms with Crippen LogP contribution in [0.5, 0.6) is 0 Å². The number of hydrogen-bond acceptors (Lipinski definition) is 2. The predicted molar refractivity (Wildman–Crippen MR) is 82.6 cm³/mol. The third-order valence-corrected chi connectivity index (χ3v) is 4.35. The van der Waals surface area contributed by atoms with E-state index in [-0.39, 0.29) is 6.04 Å². The molecule has 0 saturated carbocycles. The molecule has 2 aromatic rings. The van der Waals surface area contributed by atoms with Crippen LogP contribution in [0.25, 0.3) is 0 Å². The Hall–Kier alpha value is -1.67. The molecule has 1 aliphatic carbocycles. The number of nitrogens with zero attached hydrogens (tertiary/aromatic N) is 1. The Morgan fingerprint density at radius 1 is 1.30 bits per heavy atom. The molecule has 1 heterocycles. The minimum Gasteiger partial charge on any atom is -0.323 e. The summed E-state index contributed by atoms with van der Waals surface area (Å²) in [7, 11) is 0. The molecule has 2 N–H and O–H groups in total. The monoisotopic (exact) mass is 266 g/mol. The number of hydrogen-bond donors (Lipinski definition) is 1. The lowest BCUT2D eigenvalue weighted by molar-refractivity contribution is 0.471. The fourth-order valence-corrected chi connectivity index (χ4v) is 3.29. The number of fused-ring (bicyclic) bond motifs is 1. The number of rotatable bonds is 3. The van der Waals surface area contributed by atoms with Crippen molar-refractivity contribution in [1.82, 2.24) is 4.98 Å². The van der Waals surface area contributed by atoms with Crippen molar-refractivity contribution in [3.8, 4) is 0 Å². The van der Waals surface area contributed by atoms with Gasteiger partial charge in [0.1, 0.15) is 0 Å². The number of pyridine rings is 1. The lowest BCUT2D eigenvalue weighted by atomic mass is 9.79. The molecule has 20 heavy (non-hydrogen) atoms. The van der Waals surface area contributed by atoms with Gasteiger partial charge in [0.25, 0.3) is 0 Å². The molecule has 0 amide bonds. The van der Waals surface area contributed by atoms with Crippen LogP contribution in [-0.4, -0.2) is 4.98 Å². The van der Waals surface area contributed by atoms with Crippen molar-refractivity contribution < 1.29 is 0 Å². The highest BCUT2D eigenvalue weighted by Gasteiger charge is 2.22. The van der Waals surface area contributed by atoms with Crippen LogP contribution in [0.15, 0.2) is 42.6 Å². The van der Waals surface area contributed by atoms with Crippen LogP contribution < -0.4 is 5.73 Å². The summed E-state index contributed by atoms with van der Waals surface area (Å²) < 4.78 is 0. The summed E-state index contributed by atoms with van der Waals surface area (Å²) >= 11 is 0. The molecular weight excluding hydrogens is 244 g/mol. The van der Waals surface area contributed by atoms with E-state index in [1.165, 1.54) is 36.0 Å². The maximum Gasteiger partial charge on any atom is 0.0573 e. The Bertz CT molecular complexity index is 591. The quantitative estimate of drug-likeness (QED) is 0.915. The fourth-order valence-electron chi connectivity index (χ4n) is 3.29. The highest BCUT2D eigenvalue weighted by atomic mass is 14.8. The summed E-state index contributed by atoms with van der Waals surface area (Å²) in [4.78, 5) is 4.44. The predicted octanol–water partition coefficient (Wildman–Crippen LogP) is 3.90. The first-order valence-corrected chi connectivity index (χ1v) is 7.50. The van der Waals surface area contributed by atoms with Crippen LogP contribution in [0.2, 0.25) is 0 Å². The van der Waals surface area contributed by atoms with E-state index < -0.39 is 0 Å². The second kappa shape index (κ2) is 5.76. The summed E-state index contributed by atoms with van der Waals surface area (Å²) in [5, 5.41) is 0. The first-order chi connectivity index (χ1) is 9.74. The number of aryl methyl sites for hydroxylation is 2. The number of benzene rings is 1. The zero-order valence-corrected chi connectivity index (χ0v) is 12.0. The van der Waals surface area contributed by atoms with Gasteiger partial charge in [-0.3, -0.25) is 4.98 Å². The highest BCUT2D eigenvalue weighted by molar-refractivity contribution is 5.33. The van der Waals surface area contributed by atoms with Crippen LogP contribution in [0, 0.1) is 6.92 Å². The van der Waals surface area contributed by atoms with Crippen LogP contribution >= 0.6 is 0 Å². The van der Waals surface area contributed by atoms with E-state index in [1.54, 1.807) is 0 Å². The Morgan fingerprint density at radius 3 is 3.00 bits per heavy atom. The Balaban J connectivity index is 1.79. The SMILES string of the molecule is Cc1ccnc(C(N)CC2CCCc3ccccc32)c1. The molecule has 2 nitrogen and oxygen atoms in total. The van der Waals surface area contributed by atoms with Crippen LogP contribution in [0.4, 0.5) is 0 Å². The van der Waals surface area contributed by atoms with Gasteiger partial charge in [0.05, 0.1) is 5.69 Å². The first-order valence-electron chi connectivity index (χ1n) is 7.50. The van der Waals surface area contributed by atoms with Crippen molar-refractivity contribution in [3.63, 3.8) is 0 Å². The summed E-state index contributed by atoms with van der Waals surface area (Å²) in [5.74, 6) is 0.581. The Morgan fingerprint density at radius 2 is 2.15 bits per heavy atom. The normalized spacial score (nSPS) is 19.4. The summed E-state index contributed by atoms with van der Waals surface area (Å²) in [5.41, 5.74) is 11.7. The largest absolute Gasteiger partial charge is 0.323 e. The second-order valence-corrected chi connectivity index (χ2v) is 5.89. The molecule has 0 aliphatic heterocycles. The summed E-state index contributed by atoms with van der Waals surface area (Å²) in [6.45, 7) is 2.09. The summed E-state index contributed by atoms with van der Waals surface area (Å²) in [6.07, 6.45) is 6.59. The molecule has 1 aromatic heterocycles. The topological polar surface area (TPSA) is 38.9 Å². The van der Waals surface area contributed by atoms with Gasteiger partial charge >= 0.3 is 0 Å². The maximum absolute atomic E-state index is 6.39. The molecule has 0 bridgehead atoms. The van der Waals surface area contributed by atoms with Gasteiger partial charge in [-0.2, -0.15) is 0 Å². The molecule has 0 fully saturated rings. The van der Waals surface area contributed by atoms with Gasteiger partial charge in [0.15, 0.2) is 0 Å². The van der Waals surface area contributed by atoms with Crippen molar-refractivity contribution in [2.24, 2.45) is 5.73 Å². The third kappa shape index (κ3) is 2.75. The molecule has 104 valence electrons. The van der Waals surface area contributed by atoms with Gasteiger partial charge in [-0.05, 0) is 67.3 Å². The van der Waals surface area contributed by atoms with E-state index in [1.807, 2.05) is 12.3 Å². The smallest absolute Gasteiger partial charge is 0.0573 e. The molecule has 0 spiro atoms. The van der Waals surface area contributed by atoms with E-state index in [0.29, 0.717) is 5.92 Å². The molecule has 0 radical (unpaired) electrons. The van der Waals surface area contributed by atoms with Gasteiger partial charge in [-0.15, -0.1) is 0 Å². The van der Waals surface area contributed by atoms with Crippen LogP contribution in [0.3, 0.4) is 0 Å². The van der Waals surface area contributed by atoms with Crippen LogP contribution in [-0.2, 0) is 6.42 Å². The number of nitrogens with two attached hydrogens (primary N) is 1. The van der Waals surface area contributed by atoms with Gasteiger partial charge in [-0.1, -0.05) is 24.3 Å². The lowest BCUT2D eigenvalue weighted by Crippen LogP contribution is -2.19. The molecule has 1 aromatic carbocycles. The van der Waals surface area contributed by atoms with Crippen LogP contribution in [0.1, 0.15) is 53.6 Å². The van der Waals surface area contributed by atoms with E-state index in [9.17, 15) is 0 Å². The molecule has 2 heteroatoms. The first kappa shape index (κ1) is 13.3. The van der Waals surface area contributed by atoms with Crippen molar-refractivity contribution in [2.45, 2.75) is 44.6 Å². The van der Waals surface area contributed by atoms with Gasteiger partial charge in [0, 0.05) is 12.2 Å². The standard InChI is InChI=1S/C18H22N2/c1-13-9-10-20-18(11-13)17(19)12-15-7-4-6-14-5-2-3-8-16(14)15/h2-3,5,8-11,15,17H,4,6-7,12,19H2,1H3. The molecule has 1 aliphatic rings. The second-order valence-electron chi connectivity index (χ2n) is 5.89. The van der Waals surface area contributed by atoms with E-state index in [4.69, 9.17) is 5.73 Å². The minimum atomic E-state index is 0.0334. The zero-order chi connectivity index (χ0) is 13.9. The van der Waals surface area contributed by atoms with Crippen molar-refractivity contribution >= 4 is 0 Å². The van der Waals surface area contributed by atoms with E-state index >= 15 is 0 Å². The molecule has 3 rings (SSSR count). The third-order valence-electron chi connectivity index (χ3n) is 4.35. The zero-order valence-electron chi connectivity index (χ0n) is 12.0. The minimum absolute atomic E-state index is 0.0334. The maximum atomic E-state index is 6.39. The van der Waals surface area contributed by atoms with Crippen molar-refractivity contribution in [1.29, 1.82) is 0 Å². The van der Waals surface area contributed by atoms with Gasteiger partial charge in [0.2, 0.25) is 0 Å². The highest BCUT2D eigenvalue weighted by Crippen LogP contribution is 2.36. The number of aromatic nitrogens is 1. The molecule has 2 unspecified atom stereocenters. The van der Waals surface area contributed by atoms with Gasteiger partial charge in [-0.25, -0.2) is 0 Å². The van der Waals surface area contributed by atoms with E-state index in [0.717, 1.165) is 12.1 Å². The fraction of sp³-hybridized carbons (Fsp3) is 0.389. The average Bonchev–Trinajstić information content (AvgIpc) is 2.47. The lowest BCUT2D eigenvalue weighted by Gasteiger charge is -2.27. The van der Waals surface area contributed by atoms with Crippen molar-refractivity contribution in [2.75, 3.05) is 0 Å². The van der Waals surface area contributed by atoms with Crippen molar-refractivity contribution in [3.05, 3.63) is 65.0 Å². The molecular formula is C18H22N2. The molecule has 0 saturated heterocycles.